The van der Waals surface area contributed by atoms with E-state index in [0.717, 1.165) is 61.2 Å². The van der Waals surface area contributed by atoms with E-state index in [1.807, 2.05) is 35.1 Å². The number of hydrogen-bond donors (Lipinski definition) is 1. The Hall–Kier alpha value is -2.68. The predicted molar refractivity (Wildman–Crippen MR) is 117 cm³/mol. The van der Waals surface area contributed by atoms with Gasteiger partial charge in [0.05, 0.1) is 11.7 Å². The molecule has 0 saturated heterocycles. The van der Waals surface area contributed by atoms with Gasteiger partial charge in [-0.1, -0.05) is 12.5 Å². The maximum Gasteiger partial charge on any atom is 0.267 e. The van der Waals surface area contributed by atoms with E-state index in [1.54, 1.807) is 17.8 Å². The van der Waals surface area contributed by atoms with E-state index in [2.05, 4.69) is 20.6 Å². The number of thioether (sulfide) groups is 1. The van der Waals surface area contributed by atoms with Crippen LogP contribution in [0.25, 0.3) is 5.65 Å². The molecule has 0 fully saturated rings. The molecule has 4 rings (SSSR count). The lowest BCUT2D eigenvalue weighted by molar-refractivity contribution is -0.122. The van der Waals surface area contributed by atoms with Gasteiger partial charge in [-0.05, 0) is 61.8 Å². The van der Waals surface area contributed by atoms with Gasteiger partial charge in [0.2, 0.25) is 5.91 Å². The molecule has 0 aromatic carbocycles. The molecule has 8 nitrogen and oxygen atoms in total. The number of amides is 1. The molecule has 0 radical (unpaired) electrons. The maximum atomic E-state index is 12.8. The van der Waals surface area contributed by atoms with Crippen LogP contribution in [0.15, 0.2) is 35.3 Å². The second kappa shape index (κ2) is 9.42. The van der Waals surface area contributed by atoms with E-state index >= 15 is 0 Å². The monoisotopic (exact) mass is 426 g/mol. The summed E-state index contributed by atoms with van der Waals surface area (Å²) in [7, 11) is 0. The normalized spacial score (nSPS) is 14.8. The third-order valence-electron chi connectivity index (χ3n) is 5.41. The Kier molecular flexibility index (Phi) is 6.47. The number of carbonyl (C=O) groups excluding carboxylic acids is 1. The van der Waals surface area contributed by atoms with E-state index in [1.165, 1.54) is 4.68 Å². The average molecular weight is 427 g/mol. The van der Waals surface area contributed by atoms with Crippen molar-refractivity contribution in [2.45, 2.75) is 51.1 Å². The minimum atomic E-state index is -0.293. The molecule has 1 amide bonds. The fourth-order valence-electron chi connectivity index (χ4n) is 3.87. The van der Waals surface area contributed by atoms with Crippen molar-refractivity contribution in [2.24, 2.45) is 0 Å². The minimum absolute atomic E-state index is 0.0986. The molecule has 158 valence electrons. The number of nitrogens with one attached hydrogen (secondary N) is 1. The Morgan fingerprint density at radius 1 is 1.23 bits per heavy atom. The lowest BCUT2D eigenvalue weighted by Crippen LogP contribution is -2.37. The van der Waals surface area contributed by atoms with Gasteiger partial charge in [-0.15, -0.1) is 10.2 Å². The molecule has 1 aliphatic carbocycles. The van der Waals surface area contributed by atoms with Gasteiger partial charge in [-0.25, -0.2) is 4.68 Å². The number of carbonyl (C=O) groups is 1. The summed E-state index contributed by atoms with van der Waals surface area (Å²) in [5, 5.41) is 16.0. The molecule has 0 bridgehead atoms. The number of aromatic nitrogens is 5. The van der Waals surface area contributed by atoms with Gasteiger partial charge in [-0.2, -0.15) is 16.9 Å². The molecule has 3 heterocycles. The third kappa shape index (κ3) is 4.56. The summed E-state index contributed by atoms with van der Waals surface area (Å²) in [5.41, 5.74) is 2.49. The van der Waals surface area contributed by atoms with Gasteiger partial charge in [0.25, 0.3) is 5.56 Å². The van der Waals surface area contributed by atoms with Gasteiger partial charge in [-0.3, -0.25) is 14.0 Å². The summed E-state index contributed by atoms with van der Waals surface area (Å²) in [6, 6.07) is 7.05. The summed E-state index contributed by atoms with van der Waals surface area (Å²) < 4.78 is 3.17. The number of pyridine rings is 1. The highest BCUT2D eigenvalue weighted by molar-refractivity contribution is 7.98. The molecule has 3 aromatic heterocycles. The van der Waals surface area contributed by atoms with Crippen molar-refractivity contribution in [2.75, 3.05) is 12.0 Å². The summed E-state index contributed by atoms with van der Waals surface area (Å²) in [4.78, 5) is 25.3. The number of nitrogens with zero attached hydrogens (tertiary/aromatic N) is 5. The Morgan fingerprint density at radius 3 is 2.97 bits per heavy atom. The van der Waals surface area contributed by atoms with E-state index in [0.29, 0.717) is 5.82 Å². The fraction of sp³-hybridized carbons (Fsp3) is 0.476. The lowest BCUT2D eigenvalue weighted by atomic mass is 10.1. The van der Waals surface area contributed by atoms with E-state index in [4.69, 9.17) is 0 Å². The van der Waals surface area contributed by atoms with Gasteiger partial charge in [0.15, 0.2) is 11.5 Å². The summed E-state index contributed by atoms with van der Waals surface area (Å²) >= 11 is 1.71. The molecule has 1 atom stereocenters. The molecule has 0 aliphatic heterocycles. The molecular formula is C21H26N6O2S. The van der Waals surface area contributed by atoms with Crippen LogP contribution >= 0.6 is 11.8 Å². The van der Waals surface area contributed by atoms with Crippen LogP contribution in [0.3, 0.4) is 0 Å². The second-order valence-electron chi connectivity index (χ2n) is 7.56. The predicted octanol–water partition coefficient (Wildman–Crippen LogP) is 2.17. The number of fused-ring (bicyclic) bond motifs is 2. The highest BCUT2D eigenvalue weighted by Crippen LogP contribution is 2.19. The van der Waals surface area contributed by atoms with Crippen molar-refractivity contribution in [3.8, 4) is 0 Å². The van der Waals surface area contributed by atoms with Crippen LogP contribution < -0.4 is 10.9 Å². The maximum absolute atomic E-state index is 12.8. The zero-order chi connectivity index (χ0) is 20.9. The average Bonchev–Trinajstić information content (AvgIpc) is 3.04. The standard InChI is InChI=1S/C21H26N6O2S/c1-30-12-10-17(21-24-23-18-9-5-6-11-26(18)21)22-19(28)14-27-20(29)13-15-7-3-2-4-8-16(15)25-27/h5-6,9,11,13,17H,2-4,7-8,10,12,14H2,1H3,(H,22,28)/t17-/m1/s1. The van der Waals surface area contributed by atoms with E-state index in [9.17, 15) is 9.59 Å². The summed E-state index contributed by atoms with van der Waals surface area (Å²) in [6.07, 6.45) is 9.69. The highest BCUT2D eigenvalue weighted by atomic mass is 32.2. The van der Waals surface area contributed by atoms with Crippen LogP contribution in [-0.2, 0) is 24.2 Å². The Morgan fingerprint density at radius 2 is 2.10 bits per heavy atom. The smallest absolute Gasteiger partial charge is 0.267 e. The molecule has 0 unspecified atom stereocenters. The largest absolute Gasteiger partial charge is 0.344 e. The molecule has 3 aromatic rings. The van der Waals surface area contributed by atoms with Gasteiger partial charge < -0.3 is 5.32 Å². The van der Waals surface area contributed by atoms with Crippen LogP contribution in [0, 0.1) is 0 Å². The van der Waals surface area contributed by atoms with E-state index in [-0.39, 0.29) is 24.1 Å². The molecule has 0 spiro atoms. The van der Waals surface area contributed by atoms with Gasteiger partial charge >= 0.3 is 0 Å². The zero-order valence-corrected chi connectivity index (χ0v) is 17.9. The summed E-state index contributed by atoms with van der Waals surface area (Å²) in [5.74, 6) is 1.30. The van der Waals surface area contributed by atoms with Crippen LogP contribution in [0.4, 0.5) is 0 Å². The Labute approximate surface area is 179 Å². The first-order valence-electron chi connectivity index (χ1n) is 10.3. The van der Waals surface area contributed by atoms with Crippen molar-refractivity contribution < 1.29 is 4.79 Å². The third-order valence-corrected chi connectivity index (χ3v) is 6.06. The molecule has 9 heteroatoms. The van der Waals surface area contributed by atoms with Crippen LogP contribution in [0.1, 0.15) is 48.8 Å². The molecular weight excluding hydrogens is 400 g/mol. The zero-order valence-electron chi connectivity index (χ0n) is 17.1. The van der Waals surface area contributed by atoms with Crippen molar-refractivity contribution in [1.29, 1.82) is 0 Å². The van der Waals surface area contributed by atoms with Crippen LogP contribution in [0.5, 0.6) is 0 Å². The first-order chi connectivity index (χ1) is 14.7. The SMILES string of the molecule is CSCC[C@@H](NC(=O)Cn1nc2c(cc1=O)CCCCC2)c1nnc2ccccn12. The highest BCUT2D eigenvalue weighted by Gasteiger charge is 2.21. The van der Waals surface area contributed by atoms with Crippen LogP contribution in [0.2, 0.25) is 0 Å². The van der Waals surface area contributed by atoms with Crippen molar-refractivity contribution in [3.05, 3.63) is 57.9 Å². The second-order valence-corrected chi connectivity index (χ2v) is 8.55. The van der Waals surface area contributed by atoms with Crippen molar-refractivity contribution >= 4 is 23.3 Å². The Bertz CT molecular complexity index is 1090. The number of hydrogen-bond acceptors (Lipinski definition) is 6. The minimum Gasteiger partial charge on any atom is -0.344 e. The Balaban J connectivity index is 1.53. The quantitative estimate of drug-likeness (QED) is 0.582. The van der Waals surface area contributed by atoms with E-state index < -0.39 is 0 Å². The van der Waals surface area contributed by atoms with Crippen molar-refractivity contribution in [1.82, 2.24) is 29.7 Å². The van der Waals surface area contributed by atoms with Gasteiger partial charge in [0, 0.05) is 12.3 Å². The molecule has 1 N–H and O–H groups in total. The molecule has 1 aliphatic rings. The molecule has 30 heavy (non-hydrogen) atoms. The first kappa shape index (κ1) is 20.6. The number of rotatable bonds is 7. The number of aryl methyl sites for hydroxylation is 2. The van der Waals surface area contributed by atoms with Crippen LogP contribution in [-0.4, -0.2) is 42.3 Å². The first-order valence-corrected chi connectivity index (χ1v) is 11.7. The fourth-order valence-corrected chi connectivity index (χ4v) is 4.34. The molecule has 0 saturated carbocycles. The lowest BCUT2D eigenvalue weighted by Gasteiger charge is -2.17. The van der Waals surface area contributed by atoms with Gasteiger partial charge in [0.1, 0.15) is 6.54 Å². The summed E-state index contributed by atoms with van der Waals surface area (Å²) in [6.45, 7) is -0.0986. The topological polar surface area (TPSA) is 94.2 Å². The van der Waals surface area contributed by atoms with Crippen molar-refractivity contribution in [3.63, 3.8) is 0 Å².